The minimum atomic E-state index is -0.697. The van der Waals surface area contributed by atoms with Gasteiger partial charge in [0.05, 0.1) is 16.2 Å². The molecule has 100 valence electrons. The zero-order chi connectivity index (χ0) is 14.7. The van der Waals surface area contributed by atoms with Crippen LogP contribution in [0, 0.1) is 27.3 Å². The van der Waals surface area contributed by atoms with Gasteiger partial charge < -0.3 is 11.1 Å². The number of anilines is 3. The summed E-state index contributed by atoms with van der Waals surface area (Å²) in [4.78, 5) is 17.4. The predicted molar refractivity (Wildman–Crippen MR) is 67.5 cm³/mol. The van der Waals surface area contributed by atoms with Gasteiger partial charge in [0, 0.05) is 0 Å². The van der Waals surface area contributed by atoms with Crippen LogP contribution in [0.1, 0.15) is 5.56 Å². The fourth-order valence-corrected chi connectivity index (χ4v) is 1.46. The normalized spacial score (nSPS) is 9.80. The lowest BCUT2D eigenvalue weighted by atomic mass is 10.2. The summed E-state index contributed by atoms with van der Waals surface area (Å²) in [5.41, 5.74) is 5.12. The largest absolute Gasteiger partial charge is 0.368 e. The van der Waals surface area contributed by atoms with E-state index in [9.17, 15) is 14.5 Å². The van der Waals surface area contributed by atoms with Crippen molar-refractivity contribution in [2.75, 3.05) is 11.1 Å². The second kappa shape index (κ2) is 5.15. The predicted octanol–water partition coefficient (Wildman–Crippen LogP) is 1.72. The highest BCUT2D eigenvalue weighted by molar-refractivity contribution is 5.70. The van der Waals surface area contributed by atoms with Gasteiger partial charge in [0.1, 0.15) is 18.1 Å². The molecule has 0 radical (unpaired) electrons. The van der Waals surface area contributed by atoms with Crippen LogP contribution in [-0.4, -0.2) is 14.9 Å². The summed E-state index contributed by atoms with van der Waals surface area (Å²) in [6, 6.07) is 5.16. The molecule has 1 aromatic heterocycles. The zero-order valence-electron chi connectivity index (χ0n) is 9.87. The van der Waals surface area contributed by atoms with Crippen LogP contribution in [-0.2, 0) is 0 Å². The molecule has 1 aromatic carbocycles. The van der Waals surface area contributed by atoms with Gasteiger partial charge in [0.2, 0.25) is 11.8 Å². The van der Waals surface area contributed by atoms with E-state index in [4.69, 9.17) is 11.0 Å². The summed E-state index contributed by atoms with van der Waals surface area (Å²) in [6.45, 7) is 0. The van der Waals surface area contributed by atoms with Gasteiger partial charge in [0.25, 0.3) is 0 Å². The Hall–Kier alpha value is -3.28. The Morgan fingerprint density at radius 1 is 1.50 bits per heavy atom. The fourth-order valence-electron chi connectivity index (χ4n) is 1.46. The van der Waals surface area contributed by atoms with Gasteiger partial charge in [-0.1, -0.05) is 0 Å². The molecule has 0 aliphatic rings. The Bertz CT molecular complexity index is 727. The van der Waals surface area contributed by atoms with Gasteiger partial charge in [-0.15, -0.1) is 0 Å². The summed E-state index contributed by atoms with van der Waals surface area (Å²) in [7, 11) is 0. The summed E-state index contributed by atoms with van der Waals surface area (Å²) in [5, 5.41) is 22.3. The number of nitrogens with two attached hydrogens (primary N) is 1. The first-order valence-electron chi connectivity index (χ1n) is 5.25. The first-order chi connectivity index (χ1) is 9.51. The van der Waals surface area contributed by atoms with E-state index in [0.29, 0.717) is 0 Å². The molecule has 9 heteroatoms. The number of halogens is 1. The van der Waals surface area contributed by atoms with Crippen molar-refractivity contribution in [3.8, 4) is 6.07 Å². The number of aromatic nitrogens is 2. The summed E-state index contributed by atoms with van der Waals surface area (Å²) >= 11 is 0. The number of nitrogens with one attached hydrogen (secondary N) is 1. The van der Waals surface area contributed by atoms with E-state index in [1.165, 1.54) is 6.07 Å². The third-order valence-electron chi connectivity index (χ3n) is 2.34. The van der Waals surface area contributed by atoms with Crippen molar-refractivity contribution >= 4 is 23.1 Å². The number of nitro groups is 1. The van der Waals surface area contributed by atoms with Crippen molar-refractivity contribution in [2.45, 2.75) is 0 Å². The molecule has 0 aliphatic heterocycles. The summed E-state index contributed by atoms with van der Waals surface area (Å²) < 4.78 is 13.0. The summed E-state index contributed by atoms with van der Waals surface area (Å²) in [5.74, 6) is -0.937. The van der Waals surface area contributed by atoms with Gasteiger partial charge in [-0.3, -0.25) is 10.1 Å². The zero-order valence-corrected chi connectivity index (χ0v) is 9.87. The lowest BCUT2D eigenvalue weighted by molar-refractivity contribution is -0.384. The highest BCUT2D eigenvalue weighted by atomic mass is 19.1. The number of nitriles is 1. The van der Waals surface area contributed by atoms with Crippen molar-refractivity contribution in [1.29, 1.82) is 5.26 Å². The molecule has 0 unspecified atom stereocenters. The Labute approximate surface area is 111 Å². The van der Waals surface area contributed by atoms with Crippen LogP contribution in [0.2, 0.25) is 0 Å². The van der Waals surface area contributed by atoms with Crippen LogP contribution in [0.3, 0.4) is 0 Å². The summed E-state index contributed by atoms with van der Waals surface area (Å²) in [6.07, 6.45) is 0.945. The Morgan fingerprint density at radius 2 is 2.25 bits per heavy atom. The van der Waals surface area contributed by atoms with E-state index in [1.807, 2.05) is 0 Å². The van der Waals surface area contributed by atoms with Crippen LogP contribution in [0.15, 0.2) is 24.4 Å². The smallest absolute Gasteiger partial charge is 0.329 e. The number of hydrogen-bond donors (Lipinski definition) is 2. The van der Waals surface area contributed by atoms with Crippen LogP contribution < -0.4 is 11.1 Å². The van der Waals surface area contributed by atoms with E-state index < -0.39 is 16.4 Å². The number of nitrogen functional groups attached to an aromatic ring is 1. The van der Waals surface area contributed by atoms with E-state index in [-0.39, 0.29) is 23.0 Å². The molecule has 0 atom stereocenters. The molecule has 0 aliphatic carbocycles. The van der Waals surface area contributed by atoms with Gasteiger partial charge >= 0.3 is 5.69 Å². The number of benzene rings is 1. The van der Waals surface area contributed by atoms with Gasteiger partial charge in [-0.05, 0) is 18.2 Å². The van der Waals surface area contributed by atoms with Crippen LogP contribution in [0.5, 0.6) is 0 Å². The van der Waals surface area contributed by atoms with Crippen LogP contribution in [0.25, 0.3) is 0 Å². The third kappa shape index (κ3) is 2.59. The fraction of sp³-hybridized carbons (Fsp3) is 0. The topological polar surface area (TPSA) is 131 Å². The van der Waals surface area contributed by atoms with Crippen molar-refractivity contribution in [3.05, 3.63) is 45.9 Å². The number of nitrogens with zero attached hydrogens (tertiary/aromatic N) is 4. The number of rotatable bonds is 3. The molecule has 8 nitrogen and oxygen atoms in total. The lowest BCUT2D eigenvalue weighted by Crippen LogP contribution is -2.05. The molecule has 20 heavy (non-hydrogen) atoms. The molecular formula is C11H7FN6O2. The minimum Gasteiger partial charge on any atom is -0.368 e. The highest BCUT2D eigenvalue weighted by Gasteiger charge is 2.18. The lowest BCUT2D eigenvalue weighted by Gasteiger charge is -2.08. The standard InChI is InChI=1S/C11H7FN6O2/c12-7-1-2-8(6(3-7)4-13)16-10-9(18(19)20)5-15-11(14)17-10/h1-3,5H,(H3,14,15,16,17). The average molecular weight is 274 g/mol. The molecule has 0 fully saturated rings. The molecule has 0 spiro atoms. The van der Waals surface area contributed by atoms with Crippen LogP contribution >= 0.6 is 0 Å². The molecule has 1 heterocycles. The van der Waals surface area contributed by atoms with Gasteiger partial charge in [-0.2, -0.15) is 10.2 Å². The monoisotopic (exact) mass is 274 g/mol. The van der Waals surface area contributed by atoms with E-state index in [2.05, 4.69) is 15.3 Å². The van der Waals surface area contributed by atoms with E-state index in [1.54, 1.807) is 6.07 Å². The molecule has 0 bridgehead atoms. The Morgan fingerprint density at radius 3 is 2.90 bits per heavy atom. The minimum absolute atomic E-state index is 0.0171. The van der Waals surface area contributed by atoms with Crippen molar-refractivity contribution in [3.63, 3.8) is 0 Å². The SMILES string of the molecule is N#Cc1cc(F)ccc1Nc1nc(N)ncc1[N+](=O)[O-]. The van der Waals surface area contributed by atoms with Gasteiger partial charge in [0.15, 0.2) is 0 Å². The van der Waals surface area contributed by atoms with Gasteiger partial charge in [-0.25, -0.2) is 9.37 Å². The quantitative estimate of drug-likeness (QED) is 0.643. The molecule has 0 saturated heterocycles. The Kier molecular flexibility index (Phi) is 3.39. The molecule has 2 aromatic rings. The van der Waals surface area contributed by atoms with Crippen molar-refractivity contribution in [2.24, 2.45) is 0 Å². The first kappa shape index (κ1) is 13.2. The van der Waals surface area contributed by atoms with Crippen molar-refractivity contribution < 1.29 is 9.31 Å². The maximum Gasteiger partial charge on any atom is 0.329 e. The van der Waals surface area contributed by atoms with E-state index >= 15 is 0 Å². The molecule has 2 rings (SSSR count). The highest BCUT2D eigenvalue weighted by Crippen LogP contribution is 2.27. The second-order valence-corrected chi connectivity index (χ2v) is 3.65. The molecular weight excluding hydrogens is 267 g/mol. The average Bonchev–Trinajstić information content (AvgIpc) is 2.40. The third-order valence-corrected chi connectivity index (χ3v) is 2.34. The first-order valence-corrected chi connectivity index (χ1v) is 5.25. The van der Waals surface area contributed by atoms with E-state index in [0.717, 1.165) is 18.3 Å². The maximum absolute atomic E-state index is 13.0. The second-order valence-electron chi connectivity index (χ2n) is 3.65. The Balaban J connectivity index is 2.47. The molecule has 0 amide bonds. The van der Waals surface area contributed by atoms with Crippen LogP contribution in [0.4, 0.5) is 27.5 Å². The molecule has 0 saturated carbocycles. The number of hydrogen-bond acceptors (Lipinski definition) is 7. The molecule has 3 N–H and O–H groups in total. The maximum atomic E-state index is 13.0. The van der Waals surface area contributed by atoms with Crippen molar-refractivity contribution in [1.82, 2.24) is 9.97 Å².